The smallest absolute Gasteiger partial charge is 0.180 e. The summed E-state index contributed by atoms with van der Waals surface area (Å²) < 4.78 is 1.01. The van der Waals surface area contributed by atoms with Crippen molar-refractivity contribution in [3.63, 3.8) is 0 Å². The van der Waals surface area contributed by atoms with Crippen LogP contribution >= 0.6 is 15.9 Å². The van der Waals surface area contributed by atoms with E-state index in [1.807, 2.05) is 91.0 Å². The summed E-state index contributed by atoms with van der Waals surface area (Å²) in [6, 6.07) is 47.3. The lowest BCUT2D eigenvalue weighted by Gasteiger charge is -2.07. The van der Waals surface area contributed by atoms with E-state index < -0.39 is 0 Å². The monoisotopic (exact) mass is 569 g/mol. The van der Waals surface area contributed by atoms with Crippen molar-refractivity contribution in [2.75, 3.05) is 11.1 Å². The molecular weight excluding hydrogens is 540 g/mol. The molecule has 0 atom stereocenters. The third-order valence-electron chi connectivity index (χ3n) is 5.74. The molecule has 0 heterocycles. The van der Waals surface area contributed by atoms with Crippen LogP contribution in [0.5, 0.6) is 0 Å². The Morgan fingerprint density at radius 1 is 0.487 bits per heavy atom. The summed E-state index contributed by atoms with van der Waals surface area (Å²) in [7, 11) is 0. The van der Waals surface area contributed by atoms with Gasteiger partial charge in [0.1, 0.15) is 6.08 Å². The van der Waals surface area contributed by atoms with Crippen LogP contribution in [-0.2, 0) is 0 Å². The van der Waals surface area contributed by atoms with Gasteiger partial charge in [-0.15, -0.1) is 0 Å². The number of allylic oxidation sites excluding steroid dienone is 6. The van der Waals surface area contributed by atoms with Gasteiger partial charge in [0, 0.05) is 23.1 Å². The van der Waals surface area contributed by atoms with Crippen molar-refractivity contribution in [2.45, 2.75) is 0 Å². The van der Waals surface area contributed by atoms with Gasteiger partial charge in [0.15, 0.2) is 4.48 Å². The maximum Gasteiger partial charge on any atom is 0.180 e. The van der Waals surface area contributed by atoms with E-state index in [-0.39, 0.29) is 0 Å². The number of benzene rings is 5. The van der Waals surface area contributed by atoms with Crippen molar-refractivity contribution in [1.29, 1.82) is 0 Å². The molecule has 3 heteroatoms. The first-order valence-corrected chi connectivity index (χ1v) is 13.5. The zero-order valence-electron chi connectivity index (χ0n) is 21.5. The fourth-order valence-electron chi connectivity index (χ4n) is 3.74. The molecule has 0 saturated carbocycles. The predicted molar refractivity (Wildman–Crippen MR) is 172 cm³/mol. The summed E-state index contributed by atoms with van der Waals surface area (Å²) in [6.45, 7) is 0. The Kier molecular flexibility index (Phi) is 10.4. The average molecular weight is 571 g/mol. The molecule has 0 saturated heterocycles. The van der Waals surface area contributed by atoms with Gasteiger partial charge in [0.05, 0.1) is 18.2 Å². The number of hydrogen-bond acceptors (Lipinski definition) is 2. The topological polar surface area (TPSA) is 38.0 Å². The van der Waals surface area contributed by atoms with Gasteiger partial charge in [-0.25, -0.2) is 0 Å². The lowest BCUT2D eigenvalue weighted by molar-refractivity contribution is 1.54. The van der Waals surface area contributed by atoms with E-state index in [1.165, 1.54) is 22.3 Å². The Labute approximate surface area is 240 Å². The first kappa shape index (κ1) is 27.3. The molecule has 0 spiro atoms. The molecule has 0 amide bonds. The molecule has 5 aromatic rings. The summed E-state index contributed by atoms with van der Waals surface area (Å²) >= 11 is 3.26. The molecule has 0 aromatic heterocycles. The Morgan fingerprint density at radius 3 is 1.36 bits per heavy atom. The van der Waals surface area contributed by atoms with Crippen LogP contribution in [0.4, 0.5) is 17.1 Å². The maximum absolute atomic E-state index is 5.60. The second-order valence-electron chi connectivity index (χ2n) is 8.63. The number of anilines is 3. The number of para-hydroxylation sites is 1. The number of nitrogen functional groups attached to an aromatic ring is 1. The van der Waals surface area contributed by atoms with Gasteiger partial charge >= 0.3 is 0 Å². The van der Waals surface area contributed by atoms with Crippen molar-refractivity contribution in [2.24, 2.45) is 0 Å². The van der Waals surface area contributed by atoms with Gasteiger partial charge < -0.3 is 11.1 Å². The molecule has 1 aliphatic rings. The number of halogens is 1. The highest BCUT2D eigenvalue weighted by molar-refractivity contribution is 9.11. The van der Waals surface area contributed by atoms with Crippen molar-refractivity contribution in [3.05, 3.63) is 174 Å². The van der Waals surface area contributed by atoms with E-state index in [2.05, 4.69) is 100 Å². The molecule has 2 nitrogen and oxygen atoms in total. The first-order chi connectivity index (χ1) is 19.2. The fraction of sp³-hybridized carbons (Fsp3) is 0. The Bertz CT molecular complexity index is 1490. The van der Waals surface area contributed by atoms with Crippen LogP contribution in [0.2, 0.25) is 0 Å². The van der Waals surface area contributed by atoms with Gasteiger partial charge in [-0.2, -0.15) is 0 Å². The van der Waals surface area contributed by atoms with Gasteiger partial charge in [0.2, 0.25) is 0 Å². The van der Waals surface area contributed by atoms with E-state index in [9.17, 15) is 0 Å². The third kappa shape index (κ3) is 9.28. The molecule has 1 aliphatic carbocycles. The summed E-state index contributed by atoms with van der Waals surface area (Å²) in [4.78, 5) is 0. The highest BCUT2D eigenvalue weighted by atomic mass is 79.9. The lowest BCUT2D eigenvalue weighted by Crippen LogP contribution is -1.89. The number of nitrogens with two attached hydrogens (primary N) is 1. The van der Waals surface area contributed by atoms with E-state index in [0.29, 0.717) is 0 Å². The Balaban J connectivity index is 0.000000152. The average Bonchev–Trinajstić information content (AvgIpc) is 3.00. The molecule has 0 unspecified atom stereocenters. The SMILES string of the molecule is BrC1=CC=CC=[C+]1.Nc1ccc(-c2ccccc2)cc1.c1ccc(Nc2ccc(-c3ccccc3)cc2)cc1. The second-order valence-corrected chi connectivity index (χ2v) is 9.49. The number of nitrogens with one attached hydrogen (secondary N) is 1. The maximum atomic E-state index is 5.60. The zero-order valence-corrected chi connectivity index (χ0v) is 23.1. The van der Waals surface area contributed by atoms with Crippen molar-refractivity contribution in [1.82, 2.24) is 0 Å². The Hall–Kier alpha value is -4.69. The largest absolute Gasteiger partial charge is 0.399 e. The molecule has 0 radical (unpaired) electrons. The molecular formula is C36H30BrN2+. The van der Waals surface area contributed by atoms with E-state index in [4.69, 9.17) is 5.73 Å². The third-order valence-corrected chi connectivity index (χ3v) is 6.24. The second kappa shape index (κ2) is 14.9. The predicted octanol–water partition coefficient (Wildman–Crippen LogP) is 10.2. The molecule has 0 fully saturated rings. The van der Waals surface area contributed by atoms with Gasteiger partial charge in [-0.1, -0.05) is 103 Å². The van der Waals surface area contributed by atoms with Gasteiger partial charge in [-0.3, -0.25) is 0 Å². The number of hydrogen-bond donors (Lipinski definition) is 2. The zero-order chi connectivity index (χ0) is 27.1. The number of rotatable bonds is 4. The molecule has 0 bridgehead atoms. The summed E-state index contributed by atoms with van der Waals surface area (Å²) in [5.74, 6) is 0. The van der Waals surface area contributed by atoms with Crippen molar-refractivity contribution >= 4 is 33.0 Å². The standard InChI is InChI=1S/C18H15N.C12H11N.C6H4Br/c1-3-7-15(8-4-1)16-11-13-18(14-12-16)19-17-9-5-2-6-10-17;13-12-8-6-11(7-9-12)10-4-2-1-3-5-10;7-6-4-2-1-3-5-6/h1-14,19H;1-9H,13H2;1-4H/q;;+1. The minimum atomic E-state index is 0.805. The molecule has 6 rings (SSSR count). The van der Waals surface area contributed by atoms with E-state index >= 15 is 0 Å². The first-order valence-electron chi connectivity index (χ1n) is 12.7. The van der Waals surface area contributed by atoms with Crippen LogP contribution in [0.25, 0.3) is 22.3 Å². The summed E-state index contributed by atoms with van der Waals surface area (Å²) in [5.41, 5.74) is 13.5. The van der Waals surface area contributed by atoms with Crippen LogP contribution in [-0.4, -0.2) is 0 Å². The molecule has 0 aliphatic heterocycles. The minimum absolute atomic E-state index is 0.805. The van der Waals surface area contributed by atoms with E-state index in [1.54, 1.807) is 0 Å². The van der Waals surface area contributed by atoms with E-state index in [0.717, 1.165) is 21.5 Å². The van der Waals surface area contributed by atoms with Crippen LogP contribution < -0.4 is 11.1 Å². The molecule has 5 aromatic carbocycles. The normalized spacial score (nSPS) is 11.1. The van der Waals surface area contributed by atoms with Gasteiger partial charge in [-0.05, 0) is 74.6 Å². The molecule has 3 N–H and O–H groups in total. The molecule has 39 heavy (non-hydrogen) atoms. The summed E-state index contributed by atoms with van der Waals surface area (Å²) in [5, 5.41) is 3.38. The van der Waals surface area contributed by atoms with Crippen LogP contribution in [0.1, 0.15) is 0 Å². The lowest BCUT2D eigenvalue weighted by atomic mass is 10.1. The van der Waals surface area contributed by atoms with Crippen molar-refractivity contribution in [3.8, 4) is 22.3 Å². The quantitative estimate of drug-likeness (QED) is 0.167. The highest BCUT2D eigenvalue weighted by Gasteiger charge is 1.98. The van der Waals surface area contributed by atoms with Crippen LogP contribution in [0.3, 0.4) is 0 Å². The van der Waals surface area contributed by atoms with Crippen molar-refractivity contribution < 1.29 is 0 Å². The van der Waals surface area contributed by atoms with Gasteiger partial charge in [0.25, 0.3) is 0 Å². The Morgan fingerprint density at radius 2 is 0.923 bits per heavy atom. The fourth-order valence-corrected chi connectivity index (χ4v) is 4.03. The highest BCUT2D eigenvalue weighted by Crippen LogP contribution is 2.23. The minimum Gasteiger partial charge on any atom is -0.399 e. The summed E-state index contributed by atoms with van der Waals surface area (Å²) in [6.07, 6.45) is 10.7. The van der Waals surface area contributed by atoms with Crippen LogP contribution in [0.15, 0.2) is 168 Å². The van der Waals surface area contributed by atoms with Crippen LogP contribution in [0, 0.1) is 6.08 Å². The molecule has 190 valence electrons.